The van der Waals surface area contributed by atoms with E-state index in [0.29, 0.717) is 10.8 Å². The number of fused-ring (bicyclic) bond motifs is 1. The van der Waals surface area contributed by atoms with Crippen LogP contribution < -0.4 is 0 Å². The third-order valence-corrected chi connectivity index (χ3v) is 8.85. The standard InChI is InChI=1S/C27H50O.CH4/c1-6-8-10-17-26(3,4)21-22(7-2)20-23-13-12-18-27(5)24(14-9-11-19-28)15-16-25(23)27;/h19,22-25H,6-18,20-21H2,1-5H3;1H4/t22-,23?,24?,25?,27?;/m0./s1. The lowest BCUT2D eigenvalue weighted by molar-refractivity contribution is -0.108. The van der Waals surface area contributed by atoms with Gasteiger partial charge < -0.3 is 4.79 Å². The van der Waals surface area contributed by atoms with E-state index in [9.17, 15) is 4.79 Å². The van der Waals surface area contributed by atoms with Crippen LogP contribution in [0.15, 0.2) is 0 Å². The molecule has 2 rings (SSSR count). The van der Waals surface area contributed by atoms with Crippen LogP contribution in [0.5, 0.6) is 0 Å². The van der Waals surface area contributed by atoms with Crippen LogP contribution in [0.4, 0.5) is 0 Å². The maximum atomic E-state index is 10.7. The van der Waals surface area contributed by atoms with Crippen LogP contribution in [0.25, 0.3) is 0 Å². The molecule has 0 aromatic rings. The van der Waals surface area contributed by atoms with Crippen molar-refractivity contribution in [3.05, 3.63) is 0 Å². The predicted octanol–water partition coefficient (Wildman–Crippen LogP) is 9.24. The van der Waals surface area contributed by atoms with Crippen molar-refractivity contribution < 1.29 is 4.79 Å². The van der Waals surface area contributed by atoms with Gasteiger partial charge in [-0.1, -0.05) is 80.6 Å². The van der Waals surface area contributed by atoms with Gasteiger partial charge in [-0.15, -0.1) is 0 Å². The van der Waals surface area contributed by atoms with Crippen LogP contribution in [0.1, 0.15) is 138 Å². The lowest BCUT2D eigenvalue weighted by Crippen LogP contribution is -2.38. The fraction of sp³-hybridized carbons (Fsp3) is 0.964. The Hall–Kier alpha value is -0.330. The van der Waals surface area contributed by atoms with Crippen molar-refractivity contribution in [2.75, 3.05) is 0 Å². The molecule has 4 unspecified atom stereocenters. The highest BCUT2D eigenvalue weighted by Crippen LogP contribution is 2.60. The van der Waals surface area contributed by atoms with Gasteiger partial charge in [-0.25, -0.2) is 0 Å². The molecule has 0 aliphatic heterocycles. The summed E-state index contributed by atoms with van der Waals surface area (Å²) in [5, 5.41) is 0. The van der Waals surface area contributed by atoms with Crippen LogP contribution in [0, 0.1) is 34.5 Å². The Kier molecular flexibility index (Phi) is 11.5. The first-order valence-electron chi connectivity index (χ1n) is 12.8. The molecule has 0 N–H and O–H groups in total. The molecule has 0 aromatic heterocycles. The van der Waals surface area contributed by atoms with Gasteiger partial charge in [0, 0.05) is 6.42 Å². The van der Waals surface area contributed by atoms with Crippen molar-refractivity contribution >= 4 is 6.29 Å². The zero-order valence-electron chi connectivity index (χ0n) is 19.9. The Morgan fingerprint density at radius 1 is 1.10 bits per heavy atom. The van der Waals surface area contributed by atoms with Crippen molar-refractivity contribution in [1.82, 2.24) is 0 Å². The first-order chi connectivity index (χ1) is 13.4. The van der Waals surface area contributed by atoms with E-state index in [1.165, 1.54) is 83.5 Å². The molecule has 1 nitrogen and oxygen atoms in total. The maximum Gasteiger partial charge on any atom is 0.119 e. The Bertz CT molecular complexity index is 453. The van der Waals surface area contributed by atoms with E-state index in [0.717, 1.165) is 42.8 Å². The average Bonchev–Trinajstić information content (AvgIpc) is 2.98. The number of hydrogen-bond donors (Lipinski definition) is 0. The van der Waals surface area contributed by atoms with Crippen molar-refractivity contribution in [2.24, 2.45) is 34.5 Å². The summed E-state index contributed by atoms with van der Waals surface area (Å²) in [6.45, 7) is 12.4. The minimum Gasteiger partial charge on any atom is -0.303 e. The molecule has 172 valence electrons. The quantitative estimate of drug-likeness (QED) is 0.220. The third kappa shape index (κ3) is 7.39. The van der Waals surface area contributed by atoms with Crippen molar-refractivity contribution in [1.29, 1.82) is 0 Å². The monoisotopic (exact) mass is 406 g/mol. The van der Waals surface area contributed by atoms with Crippen LogP contribution in [0.2, 0.25) is 0 Å². The van der Waals surface area contributed by atoms with Gasteiger partial charge in [0.2, 0.25) is 0 Å². The summed E-state index contributed by atoms with van der Waals surface area (Å²) in [5.41, 5.74) is 1.08. The minimum atomic E-state index is 0. The highest BCUT2D eigenvalue weighted by atomic mass is 16.1. The van der Waals surface area contributed by atoms with Crippen molar-refractivity contribution in [2.45, 2.75) is 138 Å². The molecule has 1 heteroatoms. The van der Waals surface area contributed by atoms with E-state index in [2.05, 4.69) is 34.6 Å². The Labute approximate surface area is 184 Å². The number of carbonyl (C=O) groups is 1. The van der Waals surface area contributed by atoms with Gasteiger partial charge in [0.15, 0.2) is 0 Å². The summed E-state index contributed by atoms with van der Waals surface area (Å²) >= 11 is 0. The second kappa shape index (κ2) is 12.5. The highest BCUT2D eigenvalue weighted by molar-refractivity contribution is 5.48. The number of rotatable bonds is 13. The number of aldehydes is 1. The molecule has 2 fully saturated rings. The van der Waals surface area contributed by atoms with E-state index < -0.39 is 0 Å². The molecule has 5 atom stereocenters. The zero-order chi connectivity index (χ0) is 20.6. The molecule has 0 radical (unpaired) electrons. The molecule has 0 amide bonds. The second-order valence-electron chi connectivity index (χ2n) is 11.5. The third-order valence-electron chi connectivity index (χ3n) is 8.85. The lowest BCUT2D eigenvalue weighted by Gasteiger charge is -2.46. The first-order valence-corrected chi connectivity index (χ1v) is 12.8. The number of unbranched alkanes of at least 4 members (excludes halogenated alkanes) is 3. The van der Waals surface area contributed by atoms with E-state index in [1.54, 1.807) is 0 Å². The van der Waals surface area contributed by atoms with Crippen molar-refractivity contribution in [3.63, 3.8) is 0 Å². The smallest absolute Gasteiger partial charge is 0.119 e. The molecule has 29 heavy (non-hydrogen) atoms. The Morgan fingerprint density at radius 3 is 2.52 bits per heavy atom. The zero-order valence-corrected chi connectivity index (χ0v) is 19.9. The second-order valence-corrected chi connectivity index (χ2v) is 11.5. The van der Waals surface area contributed by atoms with Gasteiger partial charge in [-0.2, -0.15) is 0 Å². The maximum absolute atomic E-state index is 10.7. The molecular formula is C28H54O. The molecule has 0 bridgehead atoms. The lowest BCUT2D eigenvalue weighted by atomic mass is 9.59. The van der Waals surface area contributed by atoms with Gasteiger partial charge in [0.05, 0.1) is 0 Å². The first kappa shape index (κ1) is 26.7. The summed E-state index contributed by atoms with van der Waals surface area (Å²) in [5.74, 6) is 3.72. The van der Waals surface area contributed by atoms with Crippen molar-refractivity contribution in [3.8, 4) is 0 Å². The van der Waals surface area contributed by atoms with Gasteiger partial charge in [-0.3, -0.25) is 0 Å². The molecule has 0 spiro atoms. The Morgan fingerprint density at radius 2 is 1.86 bits per heavy atom. The normalized spacial score (nSPS) is 30.4. The molecule has 0 saturated heterocycles. The van der Waals surface area contributed by atoms with Gasteiger partial charge in [-0.05, 0) is 85.9 Å². The fourth-order valence-electron chi connectivity index (χ4n) is 7.22. The molecule has 0 heterocycles. The van der Waals surface area contributed by atoms with Crippen LogP contribution in [0.3, 0.4) is 0 Å². The molecule has 0 aromatic carbocycles. The molecule has 2 saturated carbocycles. The summed E-state index contributed by atoms with van der Waals surface area (Å²) in [6, 6.07) is 0. The van der Waals surface area contributed by atoms with Crippen LogP contribution >= 0.6 is 0 Å². The van der Waals surface area contributed by atoms with E-state index in [4.69, 9.17) is 0 Å². The number of carbonyl (C=O) groups excluding carboxylic acids is 1. The predicted molar refractivity (Wildman–Crippen MR) is 129 cm³/mol. The molecule has 2 aliphatic carbocycles. The van der Waals surface area contributed by atoms with E-state index in [-0.39, 0.29) is 7.43 Å². The van der Waals surface area contributed by atoms with Gasteiger partial charge >= 0.3 is 0 Å². The topological polar surface area (TPSA) is 17.1 Å². The summed E-state index contributed by atoms with van der Waals surface area (Å²) in [4.78, 5) is 10.7. The largest absolute Gasteiger partial charge is 0.303 e. The van der Waals surface area contributed by atoms with Gasteiger partial charge in [0.25, 0.3) is 0 Å². The summed E-state index contributed by atoms with van der Waals surface area (Å²) in [7, 11) is 0. The van der Waals surface area contributed by atoms with Crippen LogP contribution in [-0.4, -0.2) is 6.29 Å². The highest BCUT2D eigenvalue weighted by Gasteiger charge is 2.50. The summed E-state index contributed by atoms with van der Waals surface area (Å²) < 4.78 is 0. The number of hydrogen-bond acceptors (Lipinski definition) is 1. The SMILES string of the molecule is C.CCCCCC(C)(C)C[C@@H](CC)CC1CCCC2(C)C(CCCC=O)CCC12. The molecular weight excluding hydrogens is 352 g/mol. The average molecular weight is 407 g/mol. The Balaban J connectivity index is 0.00000420. The van der Waals surface area contributed by atoms with E-state index >= 15 is 0 Å². The minimum absolute atomic E-state index is 0. The summed E-state index contributed by atoms with van der Waals surface area (Å²) in [6.07, 6.45) is 21.4. The van der Waals surface area contributed by atoms with E-state index in [1.807, 2.05) is 0 Å². The fourth-order valence-corrected chi connectivity index (χ4v) is 7.22. The van der Waals surface area contributed by atoms with Gasteiger partial charge in [0.1, 0.15) is 6.29 Å². The molecule has 2 aliphatic rings. The van der Waals surface area contributed by atoms with Crippen LogP contribution in [-0.2, 0) is 4.79 Å².